The summed E-state index contributed by atoms with van der Waals surface area (Å²) in [6.07, 6.45) is 1.93. The first kappa shape index (κ1) is 31.0. The fourth-order valence-corrected chi connectivity index (χ4v) is 6.43. The van der Waals surface area contributed by atoms with Gasteiger partial charge in [0, 0.05) is 21.2 Å². The Balaban J connectivity index is 1.60. The highest BCUT2D eigenvalue weighted by atomic mass is 35.5. The summed E-state index contributed by atoms with van der Waals surface area (Å²) in [5.41, 5.74) is 1.63. The lowest BCUT2D eigenvalue weighted by molar-refractivity contribution is -0.149. The Morgan fingerprint density at radius 1 is 1.12 bits per heavy atom. The third kappa shape index (κ3) is 6.60. The lowest BCUT2D eigenvalue weighted by Crippen LogP contribution is -2.50. The lowest BCUT2D eigenvalue weighted by Gasteiger charge is -2.46. The van der Waals surface area contributed by atoms with Crippen molar-refractivity contribution >= 4 is 46.7 Å². The van der Waals surface area contributed by atoms with Crippen molar-refractivity contribution in [3.63, 3.8) is 0 Å². The summed E-state index contributed by atoms with van der Waals surface area (Å²) in [5.74, 6) is -0.916. The molecule has 4 rings (SSSR count). The summed E-state index contributed by atoms with van der Waals surface area (Å²) < 4.78 is 4.47. The van der Waals surface area contributed by atoms with Gasteiger partial charge in [-0.2, -0.15) is 0 Å². The van der Waals surface area contributed by atoms with Gasteiger partial charge in [0.2, 0.25) is 0 Å². The molecule has 0 aromatic heterocycles. The van der Waals surface area contributed by atoms with Crippen LogP contribution in [0.3, 0.4) is 0 Å². The van der Waals surface area contributed by atoms with Crippen molar-refractivity contribution in [1.29, 1.82) is 0 Å². The van der Waals surface area contributed by atoms with Crippen molar-refractivity contribution < 1.29 is 24.2 Å². The molecule has 41 heavy (non-hydrogen) atoms. The summed E-state index contributed by atoms with van der Waals surface area (Å²) in [7, 11) is 1.16. The molecular weight excluding hydrogens is 565 g/mol. The first-order valence-corrected chi connectivity index (χ1v) is 14.6. The number of benzene rings is 2. The molecule has 10 heteroatoms. The van der Waals surface area contributed by atoms with Gasteiger partial charge < -0.3 is 20.1 Å². The molecule has 2 aromatic rings. The fraction of sp³-hybridized carbons (Fsp3) is 0.484. The third-order valence-corrected chi connectivity index (χ3v) is 8.75. The SMILES string of the molecule is COC(=O)C(O)CNC(=O)c1ccc([C@@H](C)N2C(=O)C(c3cc(Cl)cc(Cl)c3)=NC23CCC(C(C)(C)C)CC3)cc1. The van der Waals surface area contributed by atoms with Crippen LogP contribution in [0.2, 0.25) is 10.0 Å². The van der Waals surface area contributed by atoms with Gasteiger partial charge in [-0.15, -0.1) is 0 Å². The van der Waals surface area contributed by atoms with Crippen molar-refractivity contribution in [3.8, 4) is 0 Å². The van der Waals surface area contributed by atoms with E-state index in [-0.39, 0.29) is 23.9 Å². The van der Waals surface area contributed by atoms with Gasteiger partial charge in [0.25, 0.3) is 11.8 Å². The predicted molar refractivity (Wildman–Crippen MR) is 159 cm³/mol. The Bertz CT molecular complexity index is 1320. The number of hydrogen-bond acceptors (Lipinski definition) is 6. The number of carbonyl (C=O) groups excluding carboxylic acids is 3. The molecule has 1 saturated carbocycles. The van der Waals surface area contributed by atoms with E-state index in [1.165, 1.54) is 0 Å². The van der Waals surface area contributed by atoms with Crippen LogP contribution in [0.4, 0.5) is 0 Å². The number of halogens is 2. The molecule has 2 N–H and O–H groups in total. The number of aliphatic hydroxyl groups excluding tert-OH is 1. The summed E-state index contributed by atoms with van der Waals surface area (Å²) in [6.45, 7) is 8.48. The monoisotopic (exact) mass is 601 g/mol. The van der Waals surface area contributed by atoms with Crippen LogP contribution in [-0.4, -0.2) is 58.9 Å². The maximum Gasteiger partial charge on any atom is 0.336 e. The Kier molecular flexibility index (Phi) is 9.16. The van der Waals surface area contributed by atoms with Crippen molar-refractivity contribution in [2.75, 3.05) is 13.7 Å². The molecule has 1 aliphatic heterocycles. The van der Waals surface area contributed by atoms with Crippen LogP contribution >= 0.6 is 23.2 Å². The smallest absolute Gasteiger partial charge is 0.336 e. The molecule has 1 fully saturated rings. The molecule has 2 amide bonds. The molecule has 2 atom stereocenters. The normalized spacial score (nSPS) is 22.3. The van der Waals surface area contributed by atoms with Gasteiger partial charge in [-0.25, -0.2) is 4.79 Å². The number of hydrogen-bond donors (Lipinski definition) is 2. The molecule has 220 valence electrons. The molecule has 1 heterocycles. The van der Waals surface area contributed by atoms with Gasteiger partial charge >= 0.3 is 5.97 Å². The number of ether oxygens (including phenoxy) is 1. The molecule has 0 saturated heterocycles. The molecule has 1 aliphatic carbocycles. The Morgan fingerprint density at radius 3 is 2.24 bits per heavy atom. The second-order valence-electron chi connectivity index (χ2n) is 12.0. The van der Waals surface area contributed by atoms with E-state index in [0.717, 1.165) is 38.4 Å². The highest BCUT2D eigenvalue weighted by Crippen LogP contribution is 2.49. The van der Waals surface area contributed by atoms with Crippen LogP contribution in [0.15, 0.2) is 47.5 Å². The number of esters is 1. The maximum atomic E-state index is 14.1. The number of aliphatic imine (C=N–C) groups is 1. The number of nitrogens with one attached hydrogen (secondary N) is 1. The minimum atomic E-state index is -1.45. The van der Waals surface area contributed by atoms with E-state index in [1.54, 1.807) is 30.3 Å². The molecule has 2 aliphatic rings. The van der Waals surface area contributed by atoms with Gasteiger partial charge in [-0.3, -0.25) is 14.6 Å². The van der Waals surface area contributed by atoms with Crippen LogP contribution < -0.4 is 5.32 Å². The maximum absolute atomic E-state index is 14.1. The molecule has 8 nitrogen and oxygen atoms in total. The highest BCUT2D eigenvalue weighted by Gasteiger charge is 2.52. The average Bonchev–Trinajstić information content (AvgIpc) is 3.20. The Morgan fingerprint density at radius 2 is 1.71 bits per heavy atom. The van der Waals surface area contributed by atoms with Crippen LogP contribution in [0, 0.1) is 11.3 Å². The zero-order chi connectivity index (χ0) is 30.1. The van der Waals surface area contributed by atoms with Gasteiger partial charge in [0.15, 0.2) is 6.10 Å². The minimum absolute atomic E-state index is 0.164. The summed E-state index contributed by atoms with van der Waals surface area (Å²) in [4.78, 5) is 45.1. The highest BCUT2D eigenvalue weighted by molar-refractivity contribution is 6.47. The number of nitrogens with zero attached hydrogens (tertiary/aromatic N) is 2. The number of aliphatic hydroxyl groups is 1. The minimum Gasteiger partial charge on any atom is -0.467 e. The summed E-state index contributed by atoms with van der Waals surface area (Å²) >= 11 is 12.6. The summed E-state index contributed by atoms with van der Waals surface area (Å²) in [5, 5.41) is 13.1. The summed E-state index contributed by atoms with van der Waals surface area (Å²) in [6, 6.07) is 11.7. The standard InChI is InChI=1S/C31H37Cl2N3O5/c1-18(19-6-8-20(9-7-19)27(38)34-17-25(37)29(40)41-5)36-28(39)26(21-14-23(32)16-24(33)15-21)35-31(36)12-10-22(11-13-31)30(2,3)4/h6-9,14-16,18,22,25,37H,10-13,17H2,1-5H3,(H,34,38)/t18-,22?,25?,31?/m1/s1. The van der Waals surface area contributed by atoms with Crippen molar-refractivity contribution in [2.24, 2.45) is 16.3 Å². The van der Waals surface area contributed by atoms with E-state index in [4.69, 9.17) is 28.2 Å². The van der Waals surface area contributed by atoms with Crippen molar-refractivity contribution in [3.05, 3.63) is 69.2 Å². The lowest BCUT2D eigenvalue weighted by atomic mass is 9.69. The zero-order valence-electron chi connectivity index (χ0n) is 24.0. The topological polar surface area (TPSA) is 108 Å². The van der Waals surface area contributed by atoms with Crippen molar-refractivity contribution in [2.45, 2.75) is 71.2 Å². The number of methoxy groups -OCH3 is 1. The molecule has 1 unspecified atom stereocenters. The van der Waals surface area contributed by atoms with Gasteiger partial charge in [-0.05, 0) is 79.8 Å². The van der Waals surface area contributed by atoms with Gasteiger partial charge in [-0.1, -0.05) is 56.1 Å². The van der Waals surface area contributed by atoms with E-state index >= 15 is 0 Å². The molecular formula is C31H37Cl2N3O5. The van der Waals surface area contributed by atoms with E-state index < -0.39 is 23.6 Å². The van der Waals surface area contributed by atoms with E-state index in [9.17, 15) is 19.5 Å². The number of rotatable bonds is 7. The van der Waals surface area contributed by atoms with E-state index in [2.05, 4.69) is 30.8 Å². The van der Waals surface area contributed by atoms with Gasteiger partial charge in [0.1, 0.15) is 11.4 Å². The average molecular weight is 603 g/mol. The van der Waals surface area contributed by atoms with Crippen molar-refractivity contribution in [1.82, 2.24) is 10.2 Å². The van der Waals surface area contributed by atoms with Crippen LogP contribution in [0.25, 0.3) is 0 Å². The van der Waals surface area contributed by atoms with Gasteiger partial charge in [0.05, 0.1) is 19.7 Å². The van der Waals surface area contributed by atoms with E-state index in [1.807, 2.05) is 24.0 Å². The second-order valence-corrected chi connectivity index (χ2v) is 12.8. The third-order valence-electron chi connectivity index (χ3n) is 8.31. The quantitative estimate of drug-likeness (QED) is 0.403. The molecule has 0 bridgehead atoms. The van der Waals surface area contributed by atoms with Crippen LogP contribution in [-0.2, 0) is 14.3 Å². The zero-order valence-corrected chi connectivity index (χ0v) is 25.6. The first-order chi connectivity index (χ1) is 19.3. The van der Waals surface area contributed by atoms with Crippen LogP contribution in [0.1, 0.15) is 80.9 Å². The Labute approximate surface area is 251 Å². The molecule has 2 aromatic carbocycles. The van der Waals surface area contributed by atoms with Crippen LogP contribution in [0.5, 0.6) is 0 Å². The fourth-order valence-electron chi connectivity index (χ4n) is 5.90. The Hall–Kier alpha value is -2.94. The molecule has 0 radical (unpaired) electrons. The second kappa shape index (κ2) is 12.1. The number of amides is 2. The predicted octanol–water partition coefficient (Wildman–Crippen LogP) is 5.58. The molecule has 1 spiro atoms. The largest absolute Gasteiger partial charge is 0.467 e. The first-order valence-electron chi connectivity index (χ1n) is 13.8. The van der Waals surface area contributed by atoms with E-state index in [0.29, 0.717) is 32.8 Å². The number of carbonyl (C=O) groups is 3.